The van der Waals surface area contributed by atoms with Gasteiger partial charge in [0.15, 0.2) is 6.61 Å². The first-order chi connectivity index (χ1) is 11.7. The highest BCUT2D eigenvalue weighted by molar-refractivity contribution is 6.32. The maximum Gasteiger partial charge on any atom is 0.338 e. The van der Waals surface area contributed by atoms with E-state index in [1.54, 1.807) is 0 Å². The summed E-state index contributed by atoms with van der Waals surface area (Å²) >= 11 is 5.68. The minimum absolute atomic E-state index is 0.0124. The van der Waals surface area contributed by atoms with E-state index < -0.39 is 23.4 Å². The summed E-state index contributed by atoms with van der Waals surface area (Å²) in [5.41, 5.74) is -0.423. The van der Waals surface area contributed by atoms with Crippen molar-refractivity contribution >= 4 is 29.2 Å². The molecule has 1 rings (SSSR count). The standard InChI is InChI=1S/C17H23ClN2O5/c1-11(2)5-4-6-12(3)19-16(21)10-25-17(22)13-7-8-14(18)15(9-13)20(23)24/h7-9,11-12H,4-6,10H2,1-3H3,(H,19,21). The third kappa shape index (κ3) is 7.51. The Labute approximate surface area is 151 Å². The lowest BCUT2D eigenvalue weighted by atomic mass is 10.0. The quantitative estimate of drug-likeness (QED) is 0.405. The smallest absolute Gasteiger partial charge is 0.338 e. The van der Waals surface area contributed by atoms with E-state index in [0.29, 0.717) is 5.92 Å². The van der Waals surface area contributed by atoms with E-state index >= 15 is 0 Å². The van der Waals surface area contributed by atoms with E-state index in [2.05, 4.69) is 19.2 Å². The van der Waals surface area contributed by atoms with Gasteiger partial charge in [-0.1, -0.05) is 38.3 Å². The number of amides is 1. The minimum atomic E-state index is -0.817. The fourth-order valence-corrected chi connectivity index (χ4v) is 2.40. The van der Waals surface area contributed by atoms with Gasteiger partial charge in [-0.15, -0.1) is 0 Å². The third-order valence-corrected chi connectivity index (χ3v) is 3.86. The third-order valence-electron chi connectivity index (χ3n) is 3.54. The molecule has 1 N–H and O–H groups in total. The Morgan fingerprint density at radius 3 is 2.56 bits per heavy atom. The van der Waals surface area contributed by atoms with Crippen molar-refractivity contribution in [1.82, 2.24) is 5.32 Å². The van der Waals surface area contributed by atoms with Gasteiger partial charge < -0.3 is 10.1 Å². The molecule has 1 aromatic carbocycles. The summed E-state index contributed by atoms with van der Waals surface area (Å²) in [4.78, 5) is 33.8. The fraction of sp³-hybridized carbons (Fsp3) is 0.529. The number of carbonyl (C=O) groups excluding carboxylic acids is 2. The molecular weight excluding hydrogens is 348 g/mol. The molecule has 138 valence electrons. The van der Waals surface area contributed by atoms with Crippen LogP contribution in [0.3, 0.4) is 0 Å². The predicted molar refractivity (Wildman–Crippen MR) is 94.7 cm³/mol. The summed E-state index contributed by atoms with van der Waals surface area (Å²) in [6, 6.07) is 3.57. The topological polar surface area (TPSA) is 98.5 Å². The molecule has 0 bridgehead atoms. The number of nitro benzene ring substituents is 1. The van der Waals surface area contributed by atoms with Gasteiger partial charge in [0.05, 0.1) is 10.5 Å². The lowest BCUT2D eigenvalue weighted by molar-refractivity contribution is -0.384. The Bertz CT molecular complexity index is 633. The van der Waals surface area contributed by atoms with Crippen molar-refractivity contribution in [1.29, 1.82) is 0 Å². The number of benzene rings is 1. The van der Waals surface area contributed by atoms with Crippen molar-refractivity contribution in [3.63, 3.8) is 0 Å². The van der Waals surface area contributed by atoms with Crippen LogP contribution in [-0.4, -0.2) is 29.4 Å². The Morgan fingerprint density at radius 2 is 1.96 bits per heavy atom. The van der Waals surface area contributed by atoms with E-state index in [4.69, 9.17) is 16.3 Å². The maximum atomic E-state index is 11.9. The molecule has 0 heterocycles. The van der Waals surface area contributed by atoms with Gasteiger partial charge >= 0.3 is 5.97 Å². The molecule has 0 aliphatic heterocycles. The van der Waals surface area contributed by atoms with Crippen molar-refractivity contribution in [3.8, 4) is 0 Å². The lowest BCUT2D eigenvalue weighted by Gasteiger charge is -2.14. The van der Waals surface area contributed by atoms with Crippen LogP contribution in [0.15, 0.2) is 18.2 Å². The summed E-state index contributed by atoms with van der Waals surface area (Å²) < 4.78 is 4.89. The van der Waals surface area contributed by atoms with Crippen molar-refractivity contribution < 1.29 is 19.2 Å². The number of esters is 1. The summed E-state index contributed by atoms with van der Waals surface area (Å²) in [6.07, 6.45) is 2.94. The van der Waals surface area contributed by atoms with Crippen molar-refractivity contribution in [3.05, 3.63) is 38.9 Å². The van der Waals surface area contributed by atoms with Gasteiger partial charge in [0.25, 0.3) is 11.6 Å². The molecule has 1 aromatic rings. The highest BCUT2D eigenvalue weighted by Crippen LogP contribution is 2.25. The fourth-order valence-electron chi connectivity index (χ4n) is 2.21. The average molecular weight is 371 g/mol. The van der Waals surface area contributed by atoms with Crippen molar-refractivity contribution in [2.24, 2.45) is 5.92 Å². The van der Waals surface area contributed by atoms with E-state index in [-0.39, 0.29) is 22.3 Å². The van der Waals surface area contributed by atoms with Gasteiger partial charge in [0, 0.05) is 12.1 Å². The number of ether oxygens (including phenoxy) is 1. The largest absolute Gasteiger partial charge is 0.452 e. The second-order valence-electron chi connectivity index (χ2n) is 6.29. The molecule has 0 aliphatic carbocycles. The first kappa shape index (κ1) is 20.9. The van der Waals surface area contributed by atoms with Crippen LogP contribution in [0.2, 0.25) is 5.02 Å². The van der Waals surface area contributed by atoms with Crippen LogP contribution < -0.4 is 5.32 Å². The highest BCUT2D eigenvalue weighted by atomic mass is 35.5. The Hall–Kier alpha value is -2.15. The number of nitrogens with one attached hydrogen (secondary N) is 1. The van der Waals surface area contributed by atoms with Gasteiger partial charge in [-0.2, -0.15) is 0 Å². The van der Waals surface area contributed by atoms with E-state index in [1.165, 1.54) is 12.1 Å². The molecule has 0 spiro atoms. The molecule has 1 unspecified atom stereocenters. The normalized spacial score (nSPS) is 11.9. The molecule has 0 fully saturated rings. The van der Waals surface area contributed by atoms with Crippen molar-refractivity contribution in [2.75, 3.05) is 6.61 Å². The first-order valence-corrected chi connectivity index (χ1v) is 8.49. The molecule has 0 saturated carbocycles. The van der Waals surface area contributed by atoms with Crippen molar-refractivity contribution in [2.45, 2.75) is 46.1 Å². The number of nitro groups is 1. The molecule has 8 heteroatoms. The molecule has 1 amide bonds. The van der Waals surface area contributed by atoms with Crippen LogP contribution in [0.5, 0.6) is 0 Å². The zero-order valence-corrected chi connectivity index (χ0v) is 15.3. The average Bonchev–Trinajstić information content (AvgIpc) is 2.52. The monoisotopic (exact) mass is 370 g/mol. The molecule has 1 atom stereocenters. The minimum Gasteiger partial charge on any atom is -0.452 e. The van der Waals surface area contributed by atoms with E-state index in [9.17, 15) is 19.7 Å². The van der Waals surface area contributed by atoms with Gasteiger partial charge in [-0.25, -0.2) is 4.79 Å². The molecule has 7 nitrogen and oxygen atoms in total. The molecule has 0 aromatic heterocycles. The van der Waals surface area contributed by atoms with E-state index in [0.717, 1.165) is 25.3 Å². The lowest BCUT2D eigenvalue weighted by Crippen LogP contribution is -2.35. The summed E-state index contributed by atoms with van der Waals surface area (Å²) in [5.74, 6) is -0.608. The number of hydrogen-bond acceptors (Lipinski definition) is 5. The number of halogens is 1. The number of hydrogen-bond donors (Lipinski definition) is 1. The van der Waals surface area contributed by atoms with Crippen LogP contribution in [-0.2, 0) is 9.53 Å². The molecule has 0 saturated heterocycles. The molecule has 0 radical (unpaired) electrons. The second-order valence-corrected chi connectivity index (χ2v) is 6.70. The molecule has 0 aliphatic rings. The zero-order chi connectivity index (χ0) is 19.0. The Balaban J connectivity index is 2.47. The molecular formula is C17H23ClN2O5. The van der Waals surface area contributed by atoms with Gasteiger partial charge in [-0.3, -0.25) is 14.9 Å². The zero-order valence-electron chi connectivity index (χ0n) is 14.6. The van der Waals surface area contributed by atoms with Gasteiger partial charge in [0.2, 0.25) is 0 Å². The number of nitrogens with zero attached hydrogens (tertiary/aromatic N) is 1. The first-order valence-electron chi connectivity index (χ1n) is 8.11. The van der Waals surface area contributed by atoms with Gasteiger partial charge in [-0.05, 0) is 31.4 Å². The number of rotatable bonds is 9. The summed E-state index contributed by atoms with van der Waals surface area (Å²) in [7, 11) is 0. The maximum absolute atomic E-state index is 11.9. The highest BCUT2D eigenvalue weighted by Gasteiger charge is 2.18. The van der Waals surface area contributed by atoms with Crippen LogP contribution in [0.25, 0.3) is 0 Å². The summed E-state index contributed by atoms with van der Waals surface area (Å²) in [5, 5.41) is 13.5. The van der Waals surface area contributed by atoms with Crippen LogP contribution in [0.4, 0.5) is 5.69 Å². The molecule has 25 heavy (non-hydrogen) atoms. The number of carbonyl (C=O) groups is 2. The Kier molecular flexibility index (Phi) is 8.34. The van der Waals surface area contributed by atoms with E-state index in [1.807, 2.05) is 6.92 Å². The van der Waals surface area contributed by atoms with Crippen LogP contribution in [0.1, 0.15) is 50.4 Å². The SMILES string of the molecule is CC(C)CCCC(C)NC(=O)COC(=O)c1ccc(Cl)c([N+](=O)[O-])c1. The van der Waals surface area contributed by atoms with Gasteiger partial charge in [0.1, 0.15) is 5.02 Å². The Morgan fingerprint density at radius 1 is 1.28 bits per heavy atom. The predicted octanol–water partition coefficient (Wildman–Crippen LogP) is 3.74. The van der Waals surface area contributed by atoms with Crippen LogP contribution >= 0.6 is 11.6 Å². The van der Waals surface area contributed by atoms with Crippen LogP contribution in [0, 0.1) is 16.0 Å². The summed E-state index contributed by atoms with van der Waals surface area (Å²) in [6.45, 7) is 5.74. The second kappa shape index (κ2) is 9.98.